The summed E-state index contributed by atoms with van der Waals surface area (Å²) in [4.78, 5) is 17.3. The molecule has 2 aliphatic rings. The first-order valence-corrected chi connectivity index (χ1v) is 8.97. The number of aromatic nitrogens is 2. The molecule has 1 aromatic carbocycles. The minimum absolute atomic E-state index is 0.116. The Balaban J connectivity index is 1.49. The highest BCUT2D eigenvalue weighted by atomic mass is 19.4. The molecule has 2 atom stereocenters. The smallest absolute Gasteiger partial charge is 0.377 e. The second-order valence-corrected chi connectivity index (χ2v) is 7.14. The Kier molecular flexibility index (Phi) is 4.96. The zero-order valence-corrected chi connectivity index (χ0v) is 14.9. The van der Waals surface area contributed by atoms with E-state index in [0.29, 0.717) is 44.6 Å². The molecule has 150 valence electrons. The van der Waals surface area contributed by atoms with Gasteiger partial charge in [-0.05, 0) is 29.3 Å². The summed E-state index contributed by atoms with van der Waals surface area (Å²) in [6.45, 7) is 2.03. The quantitative estimate of drug-likeness (QED) is 0.783. The van der Waals surface area contributed by atoms with Crippen LogP contribution in [0, 0.1) is 0 Å². The first-order chi connectivity index (χ1) is 13.4. The van der Waals surface area contributed by atoms with E-state index in [4.69, 9.17) is 9.26 Å². The molecule has 1 amide bonds. The molecule has 0 bridgehead atoms. The second kappa shape index (κ2) is 7.42. The molecule has 4 rings (SSSR count). The number of hydrogen-bond acceptors (Lipinski definition) is 6. The minimum Gasteiger partial charge on any atom is -0.377 e. The van der Waals surface area contributed by atoms with Crippen molar-refractivity contribution in [3.63, 3.8) is 0 Å². The summed E-state index contributed by atoms with van der Waals surface area (Å²) in [5.41, 5.74) is 0.0532. The summed E-state index contributed by atoms with van der Waals surface area (Å²) >= 11 is 0. The highest BCUT2D eigenvalue weighted by Crippen LogP contribution is 2.36. The number of nitrogens with one attached hydrogen (secondary N) is 1. The van der Waals surface area contributed by atoms with E-state index in [9.17, 15) is 18.0 Å². The Morgan fingerprint density at radius 2 is 1.86 bits per heavy atom. The Bertz CT molecular complexity index is 820. The van der Waals surface area contributed by atoms with Crippen LogP contribution in [0.5, 0.6) is 0 Å². The van der Waals surface area contributed by atoms with Crippen LogP contribution in [0.3, 0.4) is 0 Å². The number of amides is 1. The number of likely N-dealkylation sites (tertiary alicyclic amines) is 1. The maximum Gasteiger partial charge on any atom is 0.416 e. The van der Waals surface area contributed by atoms with Crippen molar-refractivity contribution in [3.05, 3.63) is 41.3 Å². The van der Waals surface area contributed by atoms with Crippen molar-refractivity contribution in [1.29, 1.82) is 0 Å². The molecule has 2 aliphatic heterocycles. The van der Waals surface area contributed by atoms with E-state index in [0.717, 1.165) is 24.1 Å². The molecule has 28 heavy (non-hydrogen) atoms. The van der Waals surface area contributed by atoms with Gasteiger partial charge in [-0.3, -0.25) is 4.79 Å². The van der Waals surface area contributed by atoms with Crippen molar-refractivity contribution in [2.45, 2.75) is 30.5 Å². The van der Waals surface area contributed by atoms with Crippen molar-refractivity contribution >= 4 is 12.4 Å². The number of piperidine rings is 1. The van der Waals surface area contributed by atoms with Crippen LogP contribution in [0.15, 0.2) is 28.8 Å². The Labute approximate surface area is 158 Å². The van der Waals surface area contributed by atoms with E-state index in [-0.39, 0.29) is 17.9 Å². The number of carbonyl (C=O) groups excluding carboxylic acids is 1. The lowest BCUT2D eigenvalue weighted by Gasteiger charge is -2.34. The molecule has 2 fully saturated rings. The number of carbonyl (C=O) groups is 1. The molecule has 2 saturated heterocycles. The zero-order valence-electron chi connectivity index (χ0n) is 14.9. The van der Waals surface area contributed by atoms with E-state index < -0.39 is 11.7 Å². The molecular formula is C18H19F3N4O3. The molecule has 0 spiro atoms. The Morgan fingerprint density at radius 1 is 1.14 bits per heavy atom. The summed E-state index contributed by atoms with van der Waals surface area (Å²) in [6.07, 6.45) is -3.03. The predicted octanol–water partition coefficient (Wildman–Crippen LogP) is 2.63. The molecule has 2 aromatic rings. The summed E-state index contributed by atoms with van der Waals surface area (Å²) in [7, 11) is 0. The maximum atomic E-state index is 12.8. The number of benzene rings is 1. The van der Waals surface area contributed by atoms with Gasteiger partial charge in [0.1, 0.15) is 0 Å². The zero-order chi connectivity index (χ0) is 19.7. The Hall–Kier alpha value is -2.62. The molecule has 1 aromatic heterocycles. The molecular weight excluding hydrogens is 377 g/mol. The van der Waals surface area contributed by atoms with Gasteiger partial charge < -0.3 is 19.5 Å². The van der Waals surface area contributed by atoms with Crippen LogP contribution in [-0.2, 0) is 15.7 Å². The summed E-state index contributed by atoms with van der Waals surface area (Å²) in [6, 6.07) is 5.23. The van der Waals surface area contributed by atoms with Crippen LogP contribution in [0.4, 0.5) is 19.1 Å². The number of ether oxygens (including phenoxy) is 1. The third kappa shape index (κ3) is 3.96. The van der Waals surface area contributed by atoms with E-state index in [1.807, 2.05) is 0 Å². The molecule has 3 heterocycles. The maximum absolute atomic E-state index is 12.8. The molecule has 1 N–H and O–H groups in total. The van der Waals surface area contributed by atoms with Gasteiger partial charge in [-0.15, -0.1) is 0 Å². The summed E-state index contributed by atoms with van der Waals surface area (Å²) < 4.78 is 48.8. The van der Waals surface area contributed by atoms with Gasteiger partial charge in [-0.25, -0.2) is 0 Å². The SMILES string of the molecule is O=CN1CC(c2ccc(C(F)(F)F)cc2)CC(c2nc(NC3COC3)no2)C1. The number of anilines is 1. The van der Waals surface area contributed by atoms with Crippen molar-refractivity contribution < 1.29 is 27.2 Å². The number of halogens is 3. The predicted molar refractivity (Wildman–Crippen MR) is 91.7 cm³/mol. The lowest BCUT2D eigenvalue weighted by Crippen LogP contribution is -2.40. The van der Waals surface area contributed by atoms with Gasteiger partial charge >= 0.3 is 6.18 Å². The van der Waals surface area contributed by atoms with Gasteiger partial charge in [0.2, 0.25) is 12.3 Å². The fourth-order valence-electron chi connectivity index (χ4n) is 3.55. The van der Waals surface area contributed by atoms with Crippen LogP contribution < -0.4 is 5.32 Å². The molecule has 10 heteroatoms. The molecule has 0 saturated carbocycles. The van der Waals surface area contributed by atoms with Crippen LogP contribution in [0.25, 0.3) is 0 Å². The van der Waals surface area contributed by atoms with Crippen molar-refractivity contribution in [3.8, 4) is 0 Å². The fraction of sp³-hybridized carbons (Fsp3) is 0.500. The average Bonchev–Trinajstić information content (AvgIpc) is 3.12. The first-order valence-electron chi connectivity index (χ1n) is 8.97. The van der Waals surface area contributed by atoms with Crippen LogP contribution in [0.1, 0.15) is 35.3 Å². The minimum atomic E-state index is -4.37. The lowest BCUT2D eigenvalue weighted by molar-refractivity contribution is -0.137. The van der Waals surface area contributed by atoms with Crippen molar-refractivity contribution in [2.75, 3.05) is 31.6 Å². The van der Waals surface area contributed by atoms with Gasteiger partial charge in [0.05, 0.1) is 30.7 Å². The standard InChI is InChI=1S/C18H19F3N4O3/c19-18(20,21)14-3-1-11(2-4-14)12-5-13(7-25(6-12)10-26)16-23-17(24-28-16)22-15-8-27-9-15/h1-4,10,12-13,15H,5-9H2,(H,22,24). The number of alkyl halides is 3. The molecule has 0 radical (unpaired) electrons. The van der Waals surface area contributed by atoms with Gasteiger partial charge in [0.25, 0.3) is 5.95 Å². The van der Waals surface area contributed by atoms with Crippen LogP contribution in [-0.4, -0.2) is 53.8 Å². The number of rotatable bonds is 5. The monoisotopic (exact) mass is 396 g/mol. The molecule has 0 aliphatic carbocycles. The fourth-order valence-corrected chi connectivity index (χ4v) is 3.55. The topological polar surface area (TPSA) is 80.5 Å². The largest absolute Gasteiger partial charge is 0.416 e. The van der Waals surface area contributed by atoms with Crippen LogP contribution >= 0.6 is 0 Å². The highest BCUT2D eigenvalue weighted by Gasteiger charge is 2.34. The molecule has 7 nitrogen and oxygen atoms in total. The van der Waals surface area contributed by atoms with E-state index >= 15 is 0 Å². The normalized spacial score (nSPS) is 23.3. The van der Waals surface area contributed by atoms with Gasteiger partial charge in [-0.1, -0.05) is 12.1 Å². The third-order valence-electron chi connectivity index (χ3n) is 5.10. The van der Waals surface area contributed by atoms with E-state index in [1.165, 1.54) is 12.1 Å². The molecule has 2 unspecified atom stereocenters. The van der Waals surface area contributed by atoms with Gasteiger partial charge in [-0.2, -0.15) is 18.2 Å². The number of nitrogens with zero attached hydrogens (tertiary/aromatic N) is 3. The highest BCUT2D eigenvalue weighted by molar-refractivity contribution is 5.48. The second-order valence-electron chi connectivity index (χ2n) is 7.14. The van der Waals surface area contributed by atoms with E-state index in [1.54, 1.807) is 4.90 Å². The summed E-state index contributed by atoms with van der Waals surface area (Å²) in [5, 5.41) is 7.01. The third-order valence-corrected chi connectivity index (χ3v) is 5.10. The first kappa shape index (κ1) is 18.7. The Morgan fingerprint density at radius 3 is 2.46 bits per heavy atom. The van der Waals surface area contributed by atoms with Crippen molar-refractivity contribution in [1.82, 2.24) is 15.0 Å². The van der Waals surface area contributed by atoms with Crippen molar-refractivity contribution in [2.24, 2.45) is 0 Å². The average molecular weight is 396 g/mol. The van der Waals surface area contributed by atoms with Crippen LogP contribution in [0.2, 0.25) is 0 Å². The summed E-state index contributed by atoms with van der Waals surface area (Å²) in [5.74, 6) is 0.477. The van der Waals surface area contributed by atoms with Gasteiger partial charge in [0.15, 0.2) is 0 Å². The number of hydrogen-bond donors (Lipinski definition) is 1. The lowest BCUT2D eigenvalue weighted by atomic mass is 9.84. The van der Waals surface area contributed by atoms with Gasteiger partial charge in [0, 0.05) is 19.0 Å². The van der Waals surface area contributed by atoms with E-state index in [2.05, 4.69) is 15.5 Å².